The second-order valence-corrected chi connectivity index (χ2v) is 17.8. The van der Waals surface area contributed by atoms with Crippen molar-refractivity contribution in [2.45, 2.75) is 40.3 Å². The third kappa shape index (κ3) is 6.29. The summed E-state index contributed by atoms with van der Waals surface area (Å²) < 4.78 is 30.5. The van der Waals surface area contributed by atoms with Gasteiger partial charge in [-0.1, -0.05) is 92.9 Å². The normalized spacial score (nSPS) is 12.6. The number of hydrogen-bond donors (Lipinski definition) is 0. The van der Waals surface area contributed by atoms with E-state index < -0.39 is 14.9 Å². The molecule has 0 N–H and O–H groups in total. The maximum Gasteiger partial charge on any atom is 0.120 e. The smallest absolute Gasteiger partial charge is 0.120 e. The Labute approximate surface area is 300 Å². The quantitative estimate of drug-likeness (QED) is 0.131. The number of aryl methyl sites for hydroxylation is 3. The van der Waals surface area contributed by atoms with Crippen LogP contribution >= 0.6 is 0 Å². The van der Waals surface area contributed by atoms with Crippen LogP contribution in [-0.2, 0) is 20.1 Å². The molecule has 0 aliphatic carbocycles. The van der Waals surface area contributed by atoms with E-state index in [0.717, 1.165) is 72.6 Å². The van der Waals surface area contributed by atoms with E-state index in [0.29, 0.717) is 5.56 Å². The van der Waals surface area contributed by atoms with Crippen molar-refractivity contribution >= 4 is 46.2 Å². The molecule has 0 saturated heterocycles. The Kier molecular flexibility index (Phi) is 8.25. The van der Waals surface area contributed by atoms with Gasteiger partial charge in [0.2, 0.25) is 0 Å². The molecule has 5 nitrogen and oxygen atoms in total. The fourth-order valence-corrected chi connectivity index (χ4v) is 6.89. The molecular formula is C41H36IrN4OSi-2. The van der Waals surface area contributed by atoms with E-state index in [4.69, 9.17) is 13.5 Å². The van der Waals surface area contributed by atoms with E-state index in [1.54, 1.807) is 18.3 Å². The summed E-state index contributed by atoms with van der Waals surface area (Å²) in [5.74, 6) is 0.802. The molecule has 8 aromatic rings. The first-order valence-corrected chi connectivity index (χ1v) is 19.1. The number of imidazole rings is 1. The maximum atomic E-state index is 7.35. The zero-order valence-electron chi connectivity index (χ0n) is 30.4. The molecule has 4 aromatic heterocycles. The molecule has 0 aliphatic rings. The summed E-state index contributed by atoms with van der Waals surface area (Å²) in [6.07, 6.45) is 3.73. The van der Waals surface area contributed by atoms with E-state index in [1.807, 2.05) is 67.7 Å². The number of rotatable bonds is 4. The van der Waals surface area contributed by atoms with Gasteiger partial charge in [-0.2, -0.15) is 0 Å². The van der Waals surface area contributed by atoms with Crippen LogP contribution in [0.3, 0.4) is 0 Å². The number of fused-ring (bicyclic) bond motifs is 4. The van der Waals surface area contributed by atoms with Crippen molar-refractivity contribution in [1.29, 1.82) is 0 Å². The third-order valence-corrected chi connectivity index (χ3v) is 10.4. The zero-order valence-corrected chi connectivity index (χ0v) is 30.8. The number of para-hydroxylation sites is 2. The minimum atomic E-state index is -2.08. The van der Waals surface area contributed by atoms with Crippen molar-refractivity contribution in [2.75, 3.05) is 0 Å². The average Bonchev–Trinajstić information content (AvgIpc) is 3.69. The number of furan rings is 1. The Balaban J connectivity index is 0.000000188. The molecule has 0 saturated carbocycles. The summed E-state index contributed by atoms with van der Waals surface area (Å²) in [6.45, 7) is 8.87. The Hall–Kier alpha value is -4.68. The monoisotopic (exact) mass is 824 g/mol. The first kappa shape index (κ1) is 29.5. The topological polar surface area (TPSA) is 56.7 Å². The Morgan fingerprint density at radius 1 is 0.833 bits per heavy atom. The van der Waals surface area contributed by atoms with Gasteiger partial charge in [-0.05, 0) is 42.1 Å². The van der Waals surface area contributed by atoms with Gasteiger partial charge in [-0.15, -0.1) is 53.1 Å². The molecule has 7 heteroatoms. The Bertz CT molecular complexity index is 2410. The molecule has 0 unspecified atom stereocenters. The molecule has 1 radical (unpaired) electrons. The molecule has 0 bridgehead atoms. The van der Waals surface area contributed by atoms with Gasteiger partial charge in [0, 0.05) is 47.7 Å². The van der Waals surface area contributed by atoms with Gasteiger partial charge < -0.3 is 14.0 Å². The number of aromatic nitrogens is 4. The minimum Gasteiger partial charge on any atom is -0.501 e. The predicted octanol–water partition coefficient (Wildman–Crippen LogP) is 9.80. The van der Waals surface area contributed by atoms with Crippen LogP contribution in [0.1, 0.15) is 20.9 Å². The fraction of sp³-hybridized carbons (Fsp3) is 0.146. The van der Waals surface area contributed by atoms with Crippen molar-refractivity contribution in [3.8, 4) is 28.3 Å². The summed E-state index contributed by atoms with van der Waals surface area (Å²) in [6, 6.07) is 37.8. The first-order valence-electron chi connectivity index (χ1n) is 17.1. The van der Waals surface area contributed by atoms with Gasteiger partial charge in [-0.3, -0.25) is 9.97 Å². The molecule has 241 valence electrons. The number of hydrogen-bond acceptors (Lipinski definition) is 4. The van der Waals surface area contributed by atoms with Gasteiger partial charge in [0.1, 0.15) is 5.58 Å². The molecule has 0 atom stereocenters. The van der Waals surface area contributed by atoms with Crippen LogP contribution in [0, 0.1) is 32.8 Å². The van der Waals surface area contributed by atoms with Crippen molar-refractivity contribution < 1.29 is 28.6 Å². The standard InChI is InChI=1S/C26H18N3O.C15H18NSi.Ir/c1-16-12-13-20(25-23(16)19-10-6-7-11-22(19)30-25)26-28-21-14-15-27-17(2)24(21)29(26)18-8-4-3-5-9-18;1-12-5-7-13(8-6-12)15-10-9-14(11-16-15)17(2,3)4;/h3-12,14-15H,1-2H3;5-7,9-11H,1-4H3;/q2*-1;/i;1D3;. The second kappa shape index (κ2) is 13.4. The van der Waals surface area contributed by atoms with Crippen LogP contribution in [0.4, 0.5) is 0 Å². The molecule has 0 spiro atoms. The zero-order chi connectivity index (χ0) is 35.2. The first-order chi connectivity index (χ1) is 23.9. The molecule has 0 fully saturated rings. The van der Waals surface area contributed by atoms with Crippen molar-refractivity contribution in [3.63, 3.8) is 0 Å². The average molecular weight is 824 g/mol. The second-order valence-electron chi connectivity index (χ2n) is 12.7. The van der Waals surface area contributed by atoms with Crippen LogP contribution in [0.5, 0.6) is 0 Å². The van der Waals surface area contributed by atoms with E-state index in [2.05, 4.69) is 77.5 Å². The third-order valence-electron chi connectivity index (χ3n) is 8.35. The number of pyridine rings is 2. The molecule has 0 aliphatic heterocycles. The summed E-state index contributed by atoms with van der Waals surface area (Å²) >= 11 is 0. The maximum absolute atomic E-state index is 7.35. The van der Waals surface area contributed by atoms with Crippen LogP contribution in [0.25, 0.3) is 61.3 Å². The van der Waals surface area contributed by atoms with E-state index in [1.165, 1.54) is 11.3 Å². The molecule has 0 amide bonds. The Morgan fingerprint density at radius 3 is 2.33 bits per heavy atom. The van der Waals surface area contributed by atoms with Gasteiger partial charge in [0.25, 0.3) is 0 Å². The Morgan fingerprint density at radius 2 is 1.62 bits per heavy atom. The predicted molar refractivity (Wildman–Crippen MR) is 196 cm³/mol. The SMILES string of the molecule is Cc1c[c-]c(-c2nc3ccnc(C)c3n2-c2ccccc2)c2oc3ccccc3c12.[2H]C([2H])([2H])c1c[c-]c(-c2ccc([Si](C)(C)C)cn2)cc1.[Ir]. The van der Waals surface area contributed by atoms with Crippen LogP contribution in [0.2, 0.25) is 19.6 Å². The van der Waals surface area contributed by atoms with Crippen LogP contribution in [-0.4, -0.2) is 27.6 Å². The van der Waals surface area contributed by atoms with Crippen LogP contribution < -0.4 is 5.19 Å². The van der Waals surface area contributed by atoms with Gasteiger partial charge in [0.05, 0.1) is 36.2 Å². The summed E-state index contributed by atoms with van der Waals surface area (Å²) in [5.41, 5.74) is 9.49. The minimum absolute atomic E-state index is 0. The summed E-state index contributed by atoms with van der Waals surface area (Å²) in [7, 11) is -1.34. The molecule has 4 aromatic carbocycles. The van der Waals surface area contributed by atoms with Crippen LogP contribution in [0.15, 0.2) is 114 Å². The van der Waals surface area contributed by atoms with Gasteiger partial charge >= 0.3 is 0 Å². The van der Waals surface area contributed by atoms with E-state index in [9.17, 15) is 0 Å². The molecular weight excluding hydrogens is 785 g/mol. The number of nitrogens with zero attached hydrogens (tertiary/aromatic N) is 4. The number of benzene rings is 4. The van der Waals surface area contributed by atoms with Crippen molar-refractivity contribution in [2.24, 2.45) is 0 Å². The van der Waals surface area contributed by atoms with Gasteiger partial charge in [-0.25, -0.2) is 0 Å². The summed E-state index contributed by atoms with van der Waals surface area (Å²) in [4.78, 5) is 14.0. The fourth-order valence-electron chi connectivity index (χ4n) is 5.86. The van der Waals surface area contributed by atoms with E-state index in [-0.39, 0.29) is 20.1 Å². The van der Waals surface area contributed by atoms with Gasteiger partial charge in [0.15, 0.2) is 0 Å². The van der Waals surface area contributed by atoms with E-state index >= 15 is 0 Å². The van der Waals surface area contributed by atoms with Crippen molar-refractivity contribution in [1.82, 2.24) is 19.5 Å². The molecule has 48 heavy (non-hydrogen) atoms. The van der Waals surface area contributed by atoms with Crippen molar-refractivity contribution in [3.05, 3.63) is 138 Å². The molecule has 4 heterocycles. The molecule has 8 rings (SSSR count). The largest absolute Gasteiger partial charge is 0.501 e. The summed E-state index contributed by atoms with van der Waals surface area (Å²) in [5, 5.41) is 3.53.